The monoisotopic (exact) mass is 310 g/mol. The molecule has 0 saturated heterocycles. The summed E-state index contributed by atoms with van der Waals surface area (Å²) in [7, 11) is 0. The summed E-state index contributed by atoms with van der Waals surface area (Å²) >= 11 is 9.43. The minimum absolute atomic E-state index is 0.191. The van der Waals surface area contributed by atoms with Crippen LogP contribution in [0.25, 0.3) is 11.1 Å². The third kappa shape index (κ3) is 2.68. The Morgan fingerprint density at radius 3 is 2.29 bits per heavy atom. The number of hydrogen-bond donors (Lipinski definition) is 1. The molecule has 86 valence electrons. The van der Waals surface area contributed by atoms with Crippen LogP contribution < -0.4 is 0 Å². The number of benzene rings is 2. The number of carboxylic acid groups (broad SMARTS) is 1. The van der Waals surface area contributed by atoms with Crippen molar-refractivity contribution >= 4 is 33.5 Å². The summed E-state index contributed by atoms with van der Waals surface area (Å²) in [4.78, 5) is 10.8. The molecule has 2 aromatic rings. The van der Waals surface area contributed by atoms with Crippen molar-refractivity contribution in [2.75, 3.05) is 0 Å². The zero-order valence-corrected chi connectivity index (χ0v) is 11.0. The van der Waals surface area contributed by atoms with Gasteiger partial charge in [0.25, 0.3) is 0 Å². The molecule has 0 saturated carbocycles. The summed E-state index contributed by atoms with van der Waals surface area (Å²) in [6.45, 7) is 0. The second-order valence-corrected chi connectivity index (χ2v) is 4.83. The lowest BCUT2D eigenvalue weighted by Crippen LogP contribution is -1.95. The molecule has 0 heterocycles. The summed E-state index contributed by atoms with van der Waals surface area (Å²) in [5.74, 6) is -0.978. The van der Waals surface area contributed by atoms with Crippen LogP contribution in [0, 0.1) is 0 Å². The molecule has 0 spiro atoms. The highest BCUT2D eigenvalue weighted by atomic mass is 79.9. The second kappa shape index (κ2) is 4.90. The van der Waals surface area contributed by atoms with E-state index in [4.69, 9.17) is 16.7 Å². The van der Waals surface area contributed by atoms with E-state index in [1.807, 2.05) is 24.3 Å². The van der Waals surface area contributed by atoms with E-state index in [2.05, 4.69) is 15.9 Å². The topological polar surface area (TPSA) is 37.3 Å². The summed E-state index contributed by atoms with van der Waals surface area (Å²) in [5.41, 5.74) is 1.97. The molecule has 4 heteroatoms. The molecule has 17 heavy (non-hydrogen) atoms. The molecular weight excluding hydrogens is 303 g/mol. The summed E-state index contributed by atoms with van der Waals surface area (Å²) in [5, 5.41) is 9.28. The standard InChI is InChI=1S/C13H8BrClO2/c14-10-4-1-8(2-5-10)11-6-3-9(13(16)17)7-12(11)15/h1-7H,(H,16,17). The molecule has 2 rings (SSSR count). The third-order valence-electron chi connectivity index (χ3n) is 2.37. The largest absolute Gasteiger partial charge is 0.478 e. The molecule has 0 aliphatic heterocycles. The van der Waals surface area contributed by atoms with Crippen LogP contribution in [0.3, 0.4) is 0 Å². The van der Waals surface area contributed by atoms with Gasteiger partial charge in [0.2, 0.25) is 0 Å². The van der Waals surface area contributed by atoms with Gasteiger partial charge in [-0.15, -0.1) is 0 Å². The summed E-state index contributed by atoms with van der Waals surface area (Å²) in [6, 6.07) is 12.4. The smallest absolute Gasteiger partial charge is 0.335 e. The lowest BCUT2D eigenvalue weighted by Gasteiger charge is -2.05. The first-order chi connectivity index (χ1) is 8.08. The van der Waals surface area contributed by atoms with Crippen LogP contribution in [-0.4, -0.2) is 11.1 Å². The van der Waals surface area contributed by atoms with Crippen LogP contribution in [0.1, 0.15) is 10.4 Å². The van der Waals surface area contributed by atoms with Gasteiger partial charge in [-0.05, 0) is 29.8 Å². The highest BCUT2D eigenvalue weighted by Crippen LogP contribution is 2.29. The van der Waals surface area contributed by atoms with E-state index in [1.54, 1.807) is 12.1 Å². The maximum absolute atomic E-state index is 10.8. The highest BCUT2D eigenvalue weighted by molar-refractivity contribution is 9.10. The molecular formula is C13H8BrClO2. The third-order valence-corrected chi connectivity index (χ3v) is 3.21. The molecule has 0 aliphatic carbocycles. The Hall–Kier alpha value is -1.32. The molecule has 2 aromatic carbocycles. The van der Waals surface area contributed by atoms with Crippen molar-refractivity contribution < 1.29 is 9.90 Å². The van der Waals surface area contributed by atoms with E-state index in [9.17, 15) is 4.79 Å². The fourth-order valence-electron chi connectivity index (χ4n) is 1.51. The predicted molar refractivity (Wildman–Crippen MR) is 71.5 cm³/mol. The Morgan fingerprint density at radius 2 is 1.76 bits per heavy atom. The van der Waals surface area contributed by atoms with Crippen molar-refractivity contribution in [2.45, 2.75) is 0 Å². The maximum atomic E-state index is 10.8. The van der Waals surface area contributed by atoms with Gasteiger partial charge in [0.1, 0.15) is 0 Å². The number of carbonyl (C=O) groups is 1. The van der Waals surface area contributed by atoms with E-state index in [1.165, 1.54) is 6.07 Å². The Bertz CT molecular complexity index is 564. The molecule has 0 aromatic heterocycles. The van der Waals surface area contributed by atoms with Crippen LogP contribution in [0.4, 0.5) is 0 Å². The molecule has 0 radical (unpaired) electrons. The van der Waals surface area contributed by atoms with Gasteiger partial charge in [-0.25, -0.2) is 4.79 Å². The van der Waals surface area contributed by atoms with Crippen LogP contribution in [0.5, 0.6) is 0 Å². The Balaban J connectivity index is 2.46. The predicted octanol–water partition coefficient (Wildman–Crippen LogP) is 4.47. The van der Waals surface area contributed by atoms with Crippen molar-refractivity contribution in [3.8, 4) is 11.1 Å². The first-order valence-electron chi connectivity index (χ1n) is 4.87. The number of rotatable bonds is 2. The van der Waals surface area contributed by atoms with Gasteiger partial charge in [0.15, 0.2) is 0 Å². The Kier molecular flexibility index (Phi) is 3.50. The molecule has 2 nitrogen and oxygen atoms in total. The van der Waals surface area contributed by atoms with E-state index in [0.29, 0.717) is 5.02 Å². The van der Waals surface area contributed by atoms with Gasteiger partial charge in [0.05, 0.1) is 5.56 Å². The Morgan fingerprint density at radius 1 is 1.12 bits per heavy atom. The molecule has 0 bridgehead atoms. The quantitative estimate of drug-likeness (QED) is 0.888. The fraction of sp³-hybridized carbons (Fsp3) is 0. The van der Waals surface area contributed by atoms with Gasteiger partial charge < -0.3 is 5.11 Å². The highest BCUT2D eigenvalue weighted by Gasteiger charge is 2.08. The van der Waals surface area contributed by atoms with Crippen molar-refractivity contribution in [1.82, 2.24) is 0 Å². The van der Waals surface area contributed by atoms with E-state index < -0.39 is 5.97 Å². The molecule has 0 fully saturated rings. The lowest BCUT2D eigenvalue weighted by molar-refractivity contribution is 0.0697. The fourth-order valence-corrected chi connectivity index (χ4v) is 2.07. The molecule has 0 atom stereocenters. The minimum atomic E-state index is -0.978. The Labute approximate surface area is 112 Å². The average Bonchev–Trinajstić information content (AvgIpc) is 2.30. The molecule has 0 aliphatic rings. The summed E-state index contributed by atoms with van der Waals surface area (Å²) < 4.78 is 0.986. The minimum Gasteiger partial charge on any atom is -0.478 e. The number of hydrogen-bond acceptors (Lipinski definition) is 1. The van der Waals surface area contributed by atoms with Crippen LogP contribution >= 0.6 is 27.5 Å². The van der Waals surface area contributed by atoms with Gasteiger partial charge in [-0.3, -0.25) is 0 Å². The maximum Gasteiger partial charge on any atom is 0.335 e. The summed E-state index contributed by atoms with van der Waals surface area (Å²) in [6.07, 6.45) is 0. The number of aromatic carboxylic acids is 1. The zero-order chi connectivity index (χ0) is 12.4. The van der Waals surface area contributed by atoms with Crippen molar-refractivity contribution in [1.29, 1.82) is 0 Å². The van der Waals surface area contributed by atoms with E-state index >= 15 is 0 Å². The molecule has 0 unspecified atom stereocenters. The van der Waals surface area contributed by atoms with Gasteiger partial charge in [-0.1, -0.05) is 45.7 Å². The lowest BCUT2D eigenvalue weighted by atomic mass is 10.0. The average molecular weight is 312 g/mol. The van der Waals surface area contributed by atoms with Gasteiger partial charge >= 0.3 is 5.97 Å². The number of halogens is 2. The van der Waals surface area contributed by atoms with Crippen molar-refractivity contribution in [3.63, 3.8) is 0 Å². The van der Waals surface area contributed by atoms with Crippen molar-refractivity contribution in [2.24, 2.45) is 0 Å². The van der Waals surface area contributed by atoms with Crippen LogP contribution in [-0.2, 0) is 0 Å². The van der Waals surface area contributed by atoms with Crippen molar-refractivity contribution in [3.05, 3.63) is 57.5 Å². The normalized spacial score (nSPS) is 10.2. The first kappa shape index (κ1) is 12.1. The zero-order valence-electron chi connectivity index (χ0n) is 8.65. The van der Waals surface area contributed by atoms with E-state index in [-0.39, 0.29) is 5.56 Å². The molecule has 1 N–H and O–H groups in total. The van der Waals surface area contributed by atoms with E-state index in [0.717, 1.165) is 15.6 Å². The second-order valence-electron chi connectivity index (χ2n) is 3.51. The SMILES string of the molecule is O=C(O)c1ccc(-c2ccc(Br)cc2)c(Cl)c1. The first-order valence-corrected chi connectivity index (χ1v) is 6.04. The van der Waals surface area contributed by atoms with Crippen LogP contribution in [0.2, 0.25) is 5.02 Å². The van der Waals surface area contributed by atoms with Gasteiger partial charge in [-0.2, -0.15) is 0 Å². The van der Waals surface area contributed by atoms with Crippen LogP contribution in [0.15, 0.2) is 46.9 Å². The molecule has 0 amide bonds. The van der Waals surface area contributed by atoms with Gasteiger partial charge in [0, 0.05) is 15.1 Å². The number of carboxylic acids is 1.